The zero-order chi connectivity index (χ0) is 17.8. The van der Waals surface area contributed by atoms with Crippen molar-refractivity contribution in [1.29, 1.82) is 0 Å². The van der Waals surface area contributed by atoms with Crippen LogP contribution in [-0.2, 0) is 11.3 Å². The molecule has 3 N–H and O–H groups in total. The van der Waals surface area contributed by atoms with E-state index in [0.29, 0.717) is 23.6 Å². The second-order valence-corrected chi connectivity index (χ2v) is 5.42. The molecule has 132 valence electrons. The number of hydroxylamine groups is 1. The molecule has 1 aromatic heterocycles. The lowest BCUT2D eigenvalue weighted by Gasteiger charge is -2.16. The van der Waals surface area contributed by atoms with Crippen LogP contribution in [0.5, 0.6) is 5.75 Å². The number of anilines is 1. The molecule has 0 atom stereocenters. The summed E-state index contributed by atoms with van der Waals surface area (Å²) in [5.41, 5.74) is 5.61. The number of fused-ring (bicyclic) bond motifs is 1. The Morgan fingerprint density at radius 3 is 3.00 bits per heavy atom. The van der Waals surface area contributed by atoms with E-state index in [1.54, 1.807) is 6.07 Å². The van der Waals surface area contributed by atoms with Crippen molar-refractivity contribution >= 4 is 17.3 Å². The average molecular weight is 346 g/mol. The van der Waals surface area contributed by atoms with Crippen molar-refractivity contribution in [2.75, 3.05) is 19.0 Å². The first kappa shape index (κ1) is 17.0. The van der Waals surface area contributed by atoms with E-state index in [-0.39, 0.29) is 11.4 Å². The average Bonchev–Trinajstić information content (AvgIpc) is 3.05. The van der Waals surface area contributed by atoms with Crippen LogP contribution in [-0.4, -0.2) is 29.8 Å². The third kappa shape index (κ3) is 3.48. The van der Waals surface area contributed by atoms with E-state index in [1.165, 1.54) is 19.2 Å². The third-order valence-electron chi connectivity index (χ3n) is 3.80. The number of rotatable bonds is 6. The number of H-pyrrole nitrogens is 1. The largest absolute Gasteiger partial charge is 0.494 e. The molecule has 25 heavy (non-hydrogen) atoms. The topological polar surface area (TPSA) is 88.3 Å². The number of nitrogens with zero attached hydrogens (tertiary/aromatic N) is 1. The second-order valence-electron chi connectivity index (χ2n) is 5.42. The van der Waals surface area contributed by atoms with Crippen LogP contribution in [0, 0.1) is 5.82 Å². The molecule has 0 spiro atoms. The maximum Gasteiger partial charge on any atom is 0.276 e. The maximum atomic E-state index is 13.8. The summed E-state index contributed by atoms with van der Waals surface area (Å²) in [5.74, 6) is -0.877. The molecule has 1 aromatic carbocycles. The Bertz CT molecular complexity index is 816. The molecule has 0 aliphatic heterocycles. The van der Waals surface area contributed by atoms with Crippen molar-refractivity contribution in [3.05, 3.63) is 47.0 Å². The number of amides is 1. The Labute approximate surface area is 144 Å². The van der Waals surface area contributed by atoms with Gasteiger partial charge in [-0.05, 0) is 31.9 Å². The highest BCUT2D eigenvalue weighted by Gasteiger charge is 2.25. The van der Waals surface area contributed by atoms with E-state index in [4.69, 9.17) is 9.57 Å². The predicted molar refractivity (Wildman–Crippen MR) is 90.6 cm³/mol. The Balaban J connectivity index is 1.83. The standard InChI is InChI=1S/C17H19FN4O3/c1-3-25-22-13-6-4-5-12-15(13)16(21-20-12)17(23)19-10-7-8-14(24-2)11(18)9-10/h6-9,22H,3-5H2,1-2H3,(H,19,23)(H,20,21). The Morgan fingerprint density at radius 1 is 1.44 bits per heavy atom. The molecule has 2 aromatic rings. The van der Waals surface area contributed by atoms with Crippen LogP contribution < -0.4 is 15.5 Å². The van der Waals surface area contributed by atoms with Crippen molar-refractivity contribution in [3.63, 3.8) is 0 Å². The highest BCUT2D eigenvalue weighted by atomic mass is 19.1. The molecule has 1 amide bonds. The number of aromatic nitrogens is 2. The number of aromatic amines is 1. The van der Waals surface area contributed by atoms with Crippen LogP contribution in [0.15, 0.2) is 24.3 Å². The van der Waals surface area contributed by atoms with E-state index in [1.807, 2.05) is 13.0 Å². The molecule has 3 rings (SSSR count). The number of aryl methyl sites for hydroxylation is 1. The summed E-state index contributed by atoms with van der Waals surface area (Å²) in [4.78, 5) is 17.8. The van der Waals surface area contributed by atoms with Crippen molar-refractivity contribution < 1.29 is 18.8 Å². The molecule has 8 heteroatoms. The van der Waals surface area contributed by atoms with Gasteiger partial charge in [0.25, 0.3) is 5.91 Å². The summed E-state index contributed by atoms with van der Waals surface area (Å²) in [6, 6.07) is 4.21. The van der Waals surface area contributed by atoms with Crippen molar-refractivity contribution in [1.82, 2.24) is 15.7 Å². The lowest BCUT2D eigenvalue weighted by molar-refractivity contribution is 0.0894. The molecule has 1 heterocycles. The number of halogens is 1. The predicted octanol–water partition coefficient (Wildman–Crippen LogP) is 2.64. The third-order valence-corrected chi connectivity index (χ3v) is 3.80. The first-order chi connectivity index (χ1) is 12.1. The molecule has 0 saturated heterocycles. The summed E-state index contributed by atoms with van der Waals surface area (Å²) in [6.07, 6.45) is 3.52. The number of allylic oxidation sites excluding steroid dienone is 1. The first-order valence-corrected chi connectivity index (χ1v) is 7.94. The van der Waals surface area contributed by atoms with Gasteiger partial charge in [0.15, 0.2) is 17.3 Å². The smallest absolute Gasteiger partial charge is 0.276 e. The molecular weight excluding hydrogens is 327 g/mol. The van der Waals surface area contributed by atoms with Gasteiger partial charge in [0.05, 0.1) is 25.0 Å². The number of hydrogen-bond donors (Lipinski definition) is 3. The van der Waals surface area contributed by atoms with Gasteiger partial charge in [0.2, 0.25) is 0 Å². The van der Waals surface area contributed by atoms with Crippen LogP contribution in [0.2, 0.25) is 0 Å². The number of nitrogens with one attached hydrogen (secondary N) is 3. The Kier molecular flexibility index (Phi) is 4.99. The zero-order valence-electron chi connectivity index (χ0n) is 14.0. The van der Waals surface area contributed by atoms with Gasteiger partial charge in [0.1, 0.15) is 0 Å². The quantitative estimate of drug-likeness (QED) is 0.700. The van der Waals surface area contributed by atoms with Crippen molar-refractivity contribution in [2.45, 2.75) is 19.8 Å². The fraction of sp³-hybridized carbons (Fsp3) is 0.294. The molecule has 0 bridgehead atoms. The van der Waals surface area contributed by atoms with Crippen LogP contribution in [0.25, 0.3) is 5.70 Å². The van der Waals surface area contributed by atoms with Crippen LogP contribution in [0.3, 0.4) is 0 Å². The fourth-order valence-electron chi connectivity index (χ4n) is 2.65. The number of ether oxygens (including phenoxy) is 1. The summed E-state index contributed by atoms with van der Waals surface area (Å²) in [5, 5.41) is 9.65. The molecule has 1 aliphatic carbocycles. The number of hydrogen-bond acceptors (Lipinski definition) is 5. The van der Waals surface area contributed by atoms with E-state index in [0.717, 1.165) is 18.5 Å². The number of carbonyl (C=O) groups is 1. The van der Waals surface area contributed by atoms with E-state index < -0.39 is 11.7 Å². The fourth-order valence-corrected chi connectivity index (χ4v) is 2.65. The molecular formula is C17H19FN4O3. The van der Waals surface area contributed by atoms with Gasteiger partial charge >= 0.3 is 0 Å². The zero-order valence-corrected chi connectivity index (χ0v) is 14.0. The molecule has 1 aliphatic rings. The summed E-state index contributed by atoms with van der Waals surface area (Å²) >= 11 is 0. The lowest BCUT2D eigenvalue weighted by Crippen LogP contribution is -2.20. The lowest BCUT2D eigenvalue weighted by atomic mass is 9.99. The summed E-state index contributed by atoms with van der Waals surface area (Å²) < 4.78 is 18.7. The number of methoxy groups -OCH3 is 1. The SMILES string of the molecule is CCONC1=CCCc2[nH]nc(C(=O)Nc3ccc(OC)c(F)c3)c21. The van der Waals surface area contributed by atoms with Gasteiger partial charge in [-0.2, -0.15) is 5.10 Å². The van der Waals surface area contributed by atoms with Gasteiger partial charge in [-0.25, -0.2) is 4.39 Å². The van der Waals surface area contributed by atoms with Gasteiger partial charge in [-0.1, -0.05) is 6.08 Å². The Morgan fingerprint density at radius 2 is 2.28 bits per heavy atom. The van der Waals surface area contributed by atoms with E-state index >= 15 is 0 Å². The van der Waals surface area contributed by atoms with Gasteiger partial charge in [-0.3, -0.25) is 20.2 Å². The van der Waals surface area contributed by atoms with Crippen molar-refractivity contribution in [2.24, 2.45) is 0 Å². The molecule has 0 unspecified atom stereocenters. The van der Waals surface area contributed by atoms with Crippen LogP contribution in [0.4, 0.5) is 10.1 Å². The highest BCUT2D eigenvalue weighted by molar-refractivity contribution is 6.06. The minimum atomic E-state index is -0.553. The second kappa shape index (κ2) is 7.35. The molecule has 0 saturated carbocycles. The molecule has 7 nitrogen and oxygen atoms in total. The number of benzene rings is 1. The minimum Gasteiger partial charge on any atom is -0.494 e. The van der Waals surface area contributed by atoms with Crippen LogP contribution in [0.1, 0.15) is 35.1 Å². The van der Waals surface area contributed by atoms with Gasteiger partial charge < -0.3 is 10.1 Å². The molecule has 0 fully saturated rings. The monoisotopic (exact) mass is 346 g/mol. The van der Waals surface area contributed by atoms with Gasteiger partial charge in [-0.15, -0.1) is 0 Å². The summed E-state index contributed by atoms with van der Waals surface area (Å²) in [6.45, 7) is 2.34. The minimum absolute atomic E-state index is 0.112. The van der Waals surface area contributed by atoms with Crippen molar-refractivity contribution in [3.8, 4) is 5.75 Å². The Hall–Kier alpha value is -2.87. The summed E-state index contributed by atoms with van der Waals surface area (Å²) in [7, 11) is 1.38. The normalized spacial score (nSPS) is 13.0. The van der Waals surface area contributed by atoms with E-state index in [2.05, 4.69) is 21.0 Å². The first-order valence-electron chi connectivity index (χ1n) is 7.94. The maximum absolute atomic E-state index is 13.8. The highest BCUT2D eigenvalue weighted by Crippen LogP contribution is 2.27. The van der Waals surface area contributed by atoms with Gasteiger partial charge in [0, 0.05) is 17.4 Å². The molecule has 0 radical (unpaired) electrons. The number of carbonyl (C=O) groups excluding carboxylic acids is 1. The van der Waals surface area contributed by atoms with E-state index in [9.17, 15) is 9.18 Å². The van der Waals surface area contributed by atoms with Crippen LogP contribution >= 0.6 is 0 Å².